The smallest absolute Gasteiger partial charge is 0.261 e. The predicted molar refractivity (Wildman–Crippen MR) is 140 cm³/mol. The van der Waals surface area contributed by atoms with Crippen LogP contribution in [0.1, 0.15) is 33.3 Å². The van der Waals surface area contributed by atoms with Crippen molar-refractivity contribution < 1.29 is 18.7 Å². The summed E-state index contributed by atoms with van der Waals surface area (Å²) in [4.78, 5) is 11.8. The second-order valence-corrected chi connectivity index (χ2v) is 14.0. The van der Waals surface area contributed by atoms with Gasteiger partial charge >= 0.3 is 0 Å². The summed E-state index contributed by atoms with van der Waals surface area (Å²) in [5.74, 6) is 0.507. The highest BCUT2D eigenvalue weighted by Gasteiger charge is 2.50. The van der Waals surface area contributed by atoms with Gasteiger partial charge < -0.3 is 18.7 Å². The number of aldehydes is 1. The Bertz CT molecular complexity index is 974. The Morgan fingerprint density at radius 1 is 0.853 bits per heavy atom. The van der Waals surface area contributed by atoms with E-state index in [9.17, 15) is 4.79 Å². The molecule has 0 fully saturated rings. The van der Waals surface area contributed by atoms with Gasteiger partial charge in [0.2, 0.25) is 0 Å². The molecule has 0 bridgehead atoms. The standard InChI is InChI=1S/C29H36O4Si/c1-23(20-30)28(32-21-24-16-18-25(31-5)19-17-24)22-33-34(29(2,3)4,26-12-8-6-9-13-26)27-14-10-7-11-15-27/h6-20,23,28H,21-22H2,1-5H3/t23-,28-/m1/s1. The Hall–Kier alpha value is -2.73. The fourth-order valence-corrected chi connectivity index (χ4v) is 8.90. The first-order valence-corrected chi connectivity index (χ1v) is 13.7. The average molecular weight is 477 g/mol. The molecule has 2 atom stereocenters. The molecule has 3 aromatic carbocycles. The molecule has 0 aromatic heterocycles. The number of carbonyl (C=O) groups excluding carboxylic acids is 1. The topological polar surface area (TPSA) is 44.8 Å². The van der Waals surface area contributed by atoms with Gasteiger partial charge in [-0.2, -0.15) is 0 Å². The average Bonchev–Trinajstić information content (AvgIpc) is 2.86. The second kappa shape index (κ2) is 11.6. The molecular weight excluding hydrogens is 440 g/mol. The molecule has 3 aromatic rings. The zero-order chi connectivity index (χ0) is 24.6. The van der Waals surface area contributed by atoms with Gasteiger partial charge in [-0.1, -0.05) is 100 Å². The lowest BCUT2D eigenvalue weighted by Gasteiger charge is -2.44. The number of rotatable bonds is 11. The summed E-state index contributed by atoms with van der Waals surface area (Å²) in [6.07, 6.45) is 0.592. The van der Waals surface area contributed by atoms with Crippen LogP contribution in [0.2, 0.25) is 5.04 Å². The van der Waals surface area contributed by atoms with Gasteiger partial charge in [0.05, 0.1) is 26.4 Å². The molecule has 0 heterocycles. The highest BCUT2D eigenvalue weighted by molar-refractivity contribution is 6.99. The lowest BCUT2D eigenvalue weighted by atomic mass is 10.1. The molecule has 0 aliphatic carbocycles. The monoisotopic (exact) mass is 476 g/mol. The van der Waals surface area contributed by atoms with Crippen molar-refractivity contribution in [1.29, 1.82) is 0 Å². The fourth-order valence-electron chi connectivity index (χ4n) is 4.33. The lowest BCUT2D eigenvalue weighted by molar-refractivity contribution is -0.117. The summed E-state index contributed by atoms with van der Waals surface area (Å²) >= 11 is 0. The van der Waals surface area contributed by atoms with Gasteiger partial charge in [-0.15, -0.1) is 0 Å². The van der Waals surface area contributed by atoms with Crippen molar-refractivity contribution in [1.82, 2.24) is 0 Å². The van der Waals surface area contributed by atoms with Crippen molar-refractivity contribution in [3.8, 4) is 5.75 Å². The summed E-state index contributed by atoms with van der Waals surface area (Å²) in [6, 6.07) is 28.8. The van der Waals surface area contributed by atoms with Gasteiger partial charge in [0.15, 0.2) is 0 Å². The first-order chi connectivity index (χ1) is 16.3. The maximum absolute atomic E-state index is 11.8. The Morgan fingerprint density at radius 3 is 1.82 bits per heavy atom. The third kappa shape index (κ3) is 5.84. The van der Waals surface area contributed by atoms with Crippen LogP contribution in [0.15, 0.2) is 84.9 Å². The van der Waals surface area contributed by atoms with Crippen LogP contribution in [-0.2, 0) is 20.6 Å². The number of carbonyl (C=O) groups is 1. The highest BCUT2D eigenvalue weighted by atomic mass is 28.4. The number of benzene rings is 3. The Balaban J connectivity index is 1.91. The number of methoxy groups -OCH3 is 1. The molecule has 0 amide bonds. The molecule has 0 radical (unpaired) electrons. The highest BCUT2D eigenvalue weighted by Crippen LogP contribution is 2.37. The van der Waals surface area contributed by atoms with E-state index < -0.39 is 8.32 Å². The van der Waals surface area contributed by atoms with Crippen molar-refractivity contribution >= 4 is 25.0 Å². The number of hydrogen-bond donors (Lipinski definition) is 0. The van der Waals surface area contributed by atoms with E-state index in [2.05, 4.69) is 69.3 Å². The molecule has 0 N–H and O–H groups in total. The Labute approximate surface area is 205 Å². The minimum absolute atomic E-state index is 0.138. The summed E-state index contributed by atoms with van der Waals surface area (Å²) in [6.45, 7) is 9.36. The molecule has 0 spiro atoms. The van der Waals surface area contributed by atoms with Gasteiger partial charge in [-0.3, -0.25) is 0 Å². The maximum Gasteiger partial charge on any atom is 0.261 e. The molecule has 4 nitrogen and oxygen atoms in total. The zero-order valence-corrected chi connectivity index (χ0v) is 21.9. The van der Waals surface area contributed by atoms with Gasteiger partial charge in [-0.25, -0.2) is 0 Å². The van der Waals surface area contributed by atoms with Gasteiger partial charge in [0.25, 0.3) is 8.32 Å². The largest absolute Gasteiger partial charge is 0.497 e. The van der Waals surface area contributed by atoms with Crippen molar-refractivity contribution in [2.45, 2.75) is 45.4 Å². The van der Waals surface area contributed by atoms with Crippen molar-refractivity contribution in [3.63, 3.8) is 0 Å². The number of ether oxygens (including phenoxy) is 2. The van der Waals surface area contributed by atoms with Crippen LogP contribution in [-0.4, -0.2) is 34.4 Å². The summed E-state index contributed by atoms with van der Waals surface area (Å²) in [5, 5.41) is 2.28. The molecule has 3 rings (SSSR count). The lowest BCUT2D eigenvalue weighted by Crippen LogP contribution is -2.67. The number of hydrogen-bond acceptors (Lipinski definition) is 4. The minimum Gasteiger partial charge on any atom is -0.497 e. The second-order valence-electron chi connectivity index (χ2n) is 9.67. The van der Waals surface area contributed by atoms with Crippen molar-refractivity contribution in [3.05, 3.63) is 90.5 Å². The molecular formula is C29H36O4Si. The van der Waals surface area contributed by atoms with Gasteiger partial charge in [-0.05, 0) is 33.1 Å². The Morgan fingerprint density at radius 2 is 1.38 bits per heavy atom. The van der Waals surface area contributed by atoms with E-state index >= 15 is 0 Å². The first kappa shape index (κ1) is 25.9. The maximum atomic E-state index is 11.8. The van der Waals surface area contributed by atoms with Crippen LogP contribution < -0.4 is 15.1 Å². The quantitative estimate of drug-likeness (QED) is 0.289. The van der Waals surface area contributed by atoms with E-state index in [4.69, 9.17) is 13.9 Å². The molecule has 0 aliphatic heterocycles. The van der Waals surface area contributed by atoms with E-state index in [0.29, 0.717) is 13.2 Å². The summed E-state index contributed by atoms with van der Waals surface area (Å²) in [5.41, 5.74) is 1.02. The van der Waals surface area contributed by atoms with E-state index in [-0.39, 0.29) is 17.1 Å². The van der Waals surface area contributed by atoms with Crippen LogP contribution in [0.3, 0.4) is 0 Å². The SMILES string of the molecule is COc1ccc(CO[C@H](CO[Si](c2ccccc2)(c2ccccc2)C(C)(C)C)[C@H](C)C=O)cc1. The molecule has 0 saturated carbocycles. The van der Waals surface area contributed by atoms with Crippen LogP contribution in [0, 0.1) is 5.92 Å². The molecule has 0 aliphatic rings. The van der Waals surface area contributed by atoms with Crippen LogP contribution >= 0.6 is 0 Å². The van der Waals surface area contributed by atoms with E-state index in [1.54, 1.807) is 7.11 Å². The van der Waals surface area contributed by atoms with E-state index in [1.807, 2.05) is 43.3 Å². The molecule has 0 unspecified atom stereocenters. The molecule has 180 valence electrons. The normalized spacial score (nSPS) is 13.8. The summed E-state index contributed by atoms with van der Waals surface area (Å²) < 4.78 is 18.5. The zero-order valence-electron chi connectivity index (χ0n) is 20.9. The van der Waals surface area contributed by atoms with Crippen molar-refractivity contribution in [2.24, 2.45) is 5.92 Å². The Kier molecular flexibility index (Phi) is 8.83. The summed E-state index contributed by atoms with van der Waals surface area (Å²) in [7, 11) is -1.06. The van der Waals surface area contributed by atoms with E-state index in [0.717, 1.165) is 17.6 Å². The minimum atomic E-state index is -2.70. The van der Waals surface area contributed by atoms with Crippen LogP contribution in [0.25, 0.3) is 0 Å². The van der Waals surface area contributed by atoms with Gasteiger partial charge in [0.1, 0.15) is 12.0 Å². The van der Waals surface area contributed by atoms with Gasteiger partial charge in [0, 0.05) is 5.92 Å². The third-order valence-electron chi connectivity index (χ3n) is 6.31. The fraction of sp³-hybridized carbons (Fsp3) is 0.345. The predicted octanol–water partition coefficient (Wildman–Crippen LogP) is 4.99. The first-order valence-electron chi connectivity index (χ1n) is 11.8. The van der Waals surface area contributed by atoms with Crippen molar-refractivity contribution in [2.75, 3.05) is 13.7 Å². The third-order valence-corrected chi connectivity index (χ3v) is 11.3. The molecule has 34 heavy (non-hydrogen) atoms. The van der Waals surface area contributed by atoms with Crippen LogP contribution in [0.5, 0.6) is 5.75 Å². The molecule has 0 saturated heterocycles. The molecule has 5 heteroatoms. The van der Waals surface area contributed by atoms with Crippen LogP contribution in [0.4, 0.5) is 0 Å². The van der Waals surface area contributed by atoms with E-state index in [1.165, 1.54) is 10.4 Å².